The van der Waals surface area contributed by atoms with E-state index in [2.05, 4.69) is 4.98 Å². The number of aromatic carboxylic acids is 1. The maximum atomic E-state index is 12.5. The Bertz CT molecular complexity index is 1030. The molecule has 0 aliphatic carbocycles. The predicted octanol–water partition coefficient (Wildman–Crippen LogP) is 2.94. The fourth-order valence-corrected chi connectivity index (χ4v) is 2.56. The summed E-state index contributed by atoms with van der Waals surface area (Å²) in [5.41, 5.74) is -0.501. The van der Waals surface area contributed by atoms with E-state index in [1.54, 1.807) is 0 Å². The highest BCUT2D eigenvalue weighted by Crippen LogP contribution is 2.26. The Morgan fingerprint density at radius 3 is 2.64 bits per heavy atom. The van der Waals surface area contributed by atoms with Gasteiger partial charge in [-0.1, -0.05) is 11.6 Å². The van der Waals surface area contributed by atoms with Crippen LogP contribution in [0.3, 0.4) is 0 Å². The van der Waals surface area contributed by atoms with Crippen LogP contribution in [0.15, 0.2) is 35.1 Å². The molecule has 1 heterocycles. The third-order valence-corrected chi connectivity index (χ3v) is 3.65. The Balaban J connectivity index is 2.54. The summed E-state index contributed by atoms with van der Waals surface area (Å²) in [6, 6.07) is 6.33. The molecule has 0 atom stereocenters. The van der Waals surface area contributed by atoms with Crippen molar-refractivity contribution in [3.8, 4) is 0 Å². The van der Waals surface area contributed by atoms with Gasteiger partial charge < -0.3 is 10.1 Å². The molecule has 3 rings (SSSR count). The van der Waals surface area contributed by atoms with E-state index in [0.29, 0.717) is 5.52 Å². The van der Waals surface area contributed by atoms with E-state index in [-0.39, 0.29) is 32.6 Å². The number of fused-ring (bicyclic) bond motifs is 2. The van der Waals surface area contributed by atoms with Crippen LogP contribution in [0.4, 0.5) is 5.69 Å². The molecule has 0 radical (unpaired) electrons. The van der Waals surface area contributed by atoms with Crippen LogP contribution >= 0.6 is 11.6 Å². The van der Waals surface area contributed by atoms with Crippen LogP contribution in [0, 0.1) is 10.1 Å². The second-order valence-electron chi connectivity index (χ2n) is 4.59. The Morgan fingerprint density at radius 2 is 2.00 bits per heavy atom. The average molecular weight is 319 g/mol. The number of benzene rings is 2. The molecule has 1 aromatic heterocycles. The number of nitro benzene ring substituents is 1. The highest BCUT2D eigenvalue weighted by Gasteiger charge is 2.17. The highest BCUT2D eigenvalue weighted by atomic mass is 35.5. The largest absolute Gasteiger partial charge is 0.478 e. The maximum absolute atomic E-state index is 12.5. The minimum atomic E-state index is -1.21. The standard InChI is InChI=1S/C14H7ClN2O5/c15-9-3-2-7(14(19)20)12-11(9)13(18)8-5-6(17(21)22)1-4-10(8)16-12/h1-5H,(H,16,18)(H,19,20). The van der Waals surface area contributed by atoms with Crippen molar-refractivity contribution < 1.29 is 14.8 Å². The molecule has 0 fully saturated rings. The second-order valence-corrected chi connectivity index (χ2v) is 5.00. The van der Waals surface area contributed by atoms with E-state index >= 15 is 0 Å². The number of aromatic nitrogens is 1. The zero-order chi connectivity index (χ0) is 16.0. The van der Waals surface area contributed by atoms with Crippen LogP contribution in [0.25, 0.3) is 21.8 Å². The number of pyridine rings is 1. The zero-order valence-corrected chi connectivity index (χ0v) is 11.5. The molecule has 0 saturated carbocycles. The third-order valence-electron chi connectivity index (χ3n) is 3.33. The van der Waals surface area contributed by atoms with Gasteiger partial charge in [0.2, 0.25) is 0 Å². The third kappa shape index (κ3) is 1.99. The lowest BCUT2D eigenvalue weighted by molar-refractivity contribution is -0.384. The van der Waals surface area contributed by atoms with Crippen LogP contribution in [0.2, 0.25) is 5.02 Å². The number of carboxylic acids is 1. The van der Waals surface area contributed by atoms with E-state index in [1.807, 2.05) is 0 Å². The van der Waals surface area contributed by atoms with Gasteiger partial charge >= 0.3 is 5.97 Å². The van der Waals surface area contributed by atoms with Crippen molar-refractivity contribution in [2.45, 2.75) is 0 Å². The summed E-state index contributed by atoms with van der Waals surface area (Å²) in [6.45, 7) is 0. The summed E-state index contributed by atoms with van der Waals surface area (Å²) in [7, 11) is 0. The number of non-ortho nitro benzene ring substituents is 1. The number of nitrogens with zero attached hydrogens (tertiary/aromatic N) is 1. The molecule has 0 bridgehead atoms. The molecule has 0 saturated heterocycles. The first-order valence-electron chi connectivity index (χ1n) is 6.06. The molecule has 0 aliphatic heterocycles. The lowest BCUT2D eigenvalue weighted by Gasteiger charge is -2.07. The van der Waals surface area contributed by atoms with Gasteiger partial charge in [0.15, 0.2) is 5.43 Å². The van der Waals surface area contributed by atoms with Gasteiger partial charge in [0.05, 0.1) is 37.3 Å². The van der Waals surface area contributed by atoms with E-state index in [1.165, 1.54) is 24.3 Å². The summed E-state index contributed by atoms with van der Waals surface area (Å²) < 4.78 is 0. The van der Waals surface area contributed by atoms with Crippen LogP contribution in [-0.4, -0.2) is 21.0 Å². The first-order valence-corrected chi connectivity index (χ1v) is 6.44. The topological polar surface area (TPSA) is 113 Å². The average Bonchev–Trinajstić information content (AvgIpc) is 2.46. The van der Waals surface area contributed by atoms with Gasteiger partial charge in [-0.15, -0.1) is 0 Å². The number of nitrogens with one attached hydrogen (secondary N) is 1. The fraction of sp³-hybridized carbons (Fsp3) is 0. The van der Waals surface area contributed by atoms with Gasteiger partial charge in [0, 0.05) is 12.1 Å². The molecular formula is C14H7ClN2O5. The number of H-pyrrole nitrogens is 1. The van der Waals surface area contributed by atoms with Crippen molar-refractivity contribution in [3.05, 3.63) is 61.3 Å². The van der Waals surface area contributed by atoms with Gasteiger partial charge in [0.25, 0.3) is 5.69 Å². The summed E-state index contributed by atoms with van der Waals surface area (Å²) in [5.74, 6) is -1.21. The fourth-order valence-electron chi connectivity index (χ4n) is 2.32. The van der Waals surface area contributed by atoms with E-state index in [0.717, 1.165) is 6.07 Å². The second kappa shape index (κ2) is 4.81. The van der Waals surface area contributed by atoms with Crippen molar-refractivity contribution >= 4 is 45.1 Å². The number of hydrogen-bond donors (Lipinski definition) is 2. The summed E-state index contributed by atoms with van der Waals surface area (Å²) in [6.07, 6.45) is 0. The first kappa shape index (κ1) is 14.0. The summed E-state index contributed by atoms with van der Waals surface area (Å²) in [4.78, 5) is 36.8. The molecule has 0 spiro atoms. The van der Waals surface area contributed by atoms with Crippen LogP contribution in [0.1, 0.15) is 10.4 Å². The molecule has 2 aromatic carbocycles. The van der Waals surface area contributed by atoms with Crippen molar-refractivity contribution in [3.63, 3.8) is 0 Å². The molecule has 110 valence electrons. The number of carbonyl (C=O) groups is 1. The maximum Gasteiger partial charge on any atom is 0.337 e. The van der Waals surface area contributed by atoms with Gasteiger partial charge in [-0.2, -0.15) is 0 Å². The van der Waals surface area contributed by atoms with Crippen molar-refractivity contribution in [2.75, 3.05) is 0 Å². The molecule has 0 unspecified atom stereocenters. The number of carboxylic acid groups (broad SMARTS) is 1. The molecular weight excluding hydrogens is 312 g/mol. The van der Waals surface area contributed by atoms with Crippen molar-refractivity contribution in [1.29, 1.82) is 0 Å². The lowest BCUT2D eigenvalue weighted by atomic mass is 10.1. The predicted molar refractivity (Wildman–Crippen MR) is 80.7 cm³/mol. The minimum Gasteiger partial charge on any atom is -0.478 e. The van der Waals surface area contributed by atoms with Crippen LogP contribution in [-0.2, 0) is 0 Å². The Labute approximate surface area is 126 Å². The number of nitro groups is 1. The van der Waals surface area contributed by atoms with Crippen LogP contribution < -0.4 is 5.43 Å². The number of aromatic amines is 1. The van der Waals surface area contributed by atoms with Gasteiger partial charge in [-0.05, 0) is 18.2 Å². The molecule has 0 aliphatic rings. The molecule has 2 N–H and O–H groups in total. The molecule has 0 amide bonds. The Morgan fingerprint density at radius 1 is 1.27 bits per heavy atom. The monoisotopic (exact) mass is 318 g/mol. The summed E-state index contributed by atoms with van der Waals surface area (Å²) in [5, 5.41) is 20.2. The number of rotatable bonds is 2. The quantitative estimate of drug-likeness (QED) is 0.428. The SMILES string of the molecule is O=C(O)c1ccc(Cl)c2c(=O)c3cc([N+](=O)[O-])ccc3[nH]c12. The van der Waals surface area contributed by atoms with Gasteiger partial charge in [-0.25, -0.2) is 4.79 Å². The van der Waals surface area contributed by atoms with E-state index < -0.39 is 16.3 Å². The first-order chi connectivity index (χ1) is 10.4. The van der Waals surface area contributed by atoms with Crippen LogP contribution in [0.5, 0.6) is 0 Å². The number of halogens is 1. The lowest BCUT2D eigenvalue weighted by Crippen LogP contribution is -2.09. The van der Waals surface area contributed by atoms with E-state index in [9.17, 15) is 24.8 Å². The normalized spacial score (nSPS) is 11.0. The molecule has 7 nitrogen and oxygen atoms in total. The van der Waals surface area contributed by atoms with Crippen molar-refractivity contribution in [1.82, 2.24) is 4.98 Å². The van der Waals surface area contributed by atoms with Gasteiger partial charge in [-0.3, -0.25) is 14.9 Å². The summed E-state index contributed by atoms with van der Waals surface area (Å²) >= 11 is 5.99. The van der Waals surface area contributed by atoms with E-state index in [4.69, 9.17) is 11.6 Å². The number of hydrogen-bond acceptors (Lipinski definition) is 4. The Kier molecular flexibility index (Phi) is 3.07. The highest BCUT2D eigenvalue weighted by molar-refractivity contribution is 6.36. The minimum absolute atomic E-state index is 0.00503. The molecule has 8 heteroatoms. The molecule has 22 heavy (non-hydrogen) atoms. The smallest absolute Gasteiger partial charge is 0.337 e. The molecule has 3 aromatic rings. The van der Waals surface area contributed by atoms with Crippen molar-refractivity contribution in [2.24, 2.45) is 0 Å². The van der Waals surface area contributed by atoms with Gasteiger partial charge in [0.1, 0.15) is 0 Å². The zero-order valence-electron chi connectivity index (χ0n) is 10.8. The Hall–Kier alpha value is -2.93.